The third-order valence-electron chi connectivity index (χ3n) is 22.8. The number of urea groups is 1. The van der Waals surface area contributed by atoms with E-state index < -0.39 is 0 Å². The van der Waals surface area contributed by atoms with Crippen LogP contribution >= 0.6 is 11.8 Å². The molecule has 19 heteroatoms. The maximum absolute atomic E-state index is 12.2. The fraction of sp³-hybridized carbons (Fsp3) is 0.425. The molecule has 9 aliphatic rings. The Bertz CT molecular complexity index is 4210. The monoisotopic (exact) mass is 1470 g/mol. The first-order chi connectivity index (χ1) is 50.3. The number of thioether (sulfide) groups is 1. The topological polar surface area (TPSA) is 250 Å². The van der Waals surface area contributed by atoms with Crippen LogP contribution in [0, 0.1) is 30.7 Å². The number of hydrogen-bond acceptors (Lipinski definition) is 14. The fourth-order valence-electron chi connectivity index (χ4n) is 17.8. The van der Waals surface area contributed by atoms with E-state index in [0.717, 1.165) is 114 Å². The number of fused-ring (bicyclic) bond motifs is 9. The van der Waals surface area contributed by atoms with Gasteiger partial charge in [0.1, 0.15) is 69.0 Å². The maximum atomic E-state index is 12.2. The number of carbonyl (C=O) groups excluding carboxylic acids is 2. The van der Waals surface area contributed by atoms with Gasteiger partial charge >= 0.3 is 65.1 Å². The van der Waals surface area contributed by atoms with Crippen LogP contribution in [0.4, 0.5) is 4.79 Å². The Kier molecular flexibility index (Phi) is 28.1. The minimum absolute atomic E-state index is 0. The molecule has 548 valence electrons. The van der Waals surface area contributed by atoms with E-state index in [0.29, 0.717) is 70.8 Å². The van der Waals surface area contributed by atoms with Gasteiger partial charge in [-0.05, 0) is 148 Å². The number of phenolic OH excluding ortho intramolecular Hbond substituents is 4. The molecule has 2 saturated heterocycles. The zero-order valence-electron chi connectivity index (χ0n) is 61.7. The molecule has 106 heavy (non-hydrogen) atoms. The van der Waals surface area contributed by atoms with Crippen molar-refractivity contribution < 1.29 is 123 Å². The van der Waals surface area contributed by atoms with Crippen LogP contribution in [0.3, 0.4) is 0 Å². The minimum atomic E-state index is -0.0498. The van der Waals surface area contributed by atoms with Gasteiger partial charge in [-0.3, -0.25) is 4.79 Å². The Morgan fingerprint density at radius 1 is 0.519 bits per heavy atom. The van der Waals surface area contributed by atoms with Crippen LogP contribution in [0.1, 0.15) is 221 Å². The van der Waals surface area contributed by atoms with E-state index in [1.54, 1.807) is 67.8 Å². The minimum Gasteiger partial charge on any atom is -0.872 e. The van der Waals surface area contributed by atoms with Crippen LogP contribution in [0.2, 0.25) is 0 Å². The summed E-state index contributed by atoms with van der Waals surface area (Å²) in [6, 6.07) is 49.0. The number of phenols is 4. The van der Waals surface area contributed by atoms with Crippen molar-refractivity contribution in [3.05, 3.63) is 202 Å². The first-order valence-electron chi connectivity index (χ1n) is 37.9. The second-order valence-corrected chi connectivity index (χ2v) is 30.9. The number of aromatic hydroxyl groups is 4. The average Bonchev–Trinajstić information content (AvgIpc) is 0.987. The molecule has 0 spiro atoms. The smallest absolute Gasteiger partial charge is 0.872 e. The quantitative estimate of drug-likeness (QED) is 0.0206. The molecule has 5 atom stereocenters. The number of rotatable bonds is 16. The van der Waals surface area contributed by atoms with Gasteiger partial charge in [0.05, 0.1) is 19.2 Å². The summed E-state index contributed by atoms with van der Waals surface area (Å²) in [5, 5.41) is 60.4. The largest absolute Gasteiger partial charge is 1.00 e. The van der Waals surface area contributed by atoms with Gasteiger partial charge in [-0.2, -0.15) is 30.0 Å². The predicted molar refractivity (Wildman–Crippen MR) is 403 cm³/mol. The summed E-state index contributed by atoms with van der Waals surface area (Å²) in [5.74, 6) is 12.3. The number of amides is 3. The van der Waals surface area contributed by atoms with Crippen molar-refractivity contribution in [2.75, 3.05) is 19.4 Å². The second kappa shape index (κ2) is 37.3. The average molecular weight is 1470 g/mol. The fourth-order valence-corrected chi connectivity index (χ4v) is 19.3. The molecule has 8 aromatic carbocycles. The van der Waals surface area contributed by atoms with Gasteiger partial charge in [-0.1, -0.05) is 132 Å². The van der Waals surface area contributed by atoms with Gasteiger partial charge in [0.25, 0.3) is 0 Å². The van der Waals surface area contributed by atoms with Crippen molar-refractivity contribution in [1.29, 1.82) is 0 Å². The molecular weight excluding hydrogens is 1370 g/mol. The van der Waals surface area contributed by atoms with Gasteiger partial charge in [-0.15, -0.1) is 17.4 Å². The maximum Gasteiger partial charge on any atom is 1.00 e. The van der Waals surface area contributed by atoms with Crippen LogP contribution in [0.25, 0.3) is 0 Å². The zero-order chi connectivity index (χ0) is 70.9. The third kappa shape index (κ3) is 18.7. The van der Waals surface area contributed by atoms with Crippen LogP contribution in [0.15, 0.2) is 146 Å². The number of nitrogens with one attached hydrogen (secondary N) is 3. The van der Waals surface area contributed by atoms with Crippen molar-refractivity contribution in [3.8, 4) is 80.5 Å². The molecule has 5 unspecified atom stereocenters. The molecule has 0 aromatic heterocycles. The Balaban J connectivity index is 0.000000145. The molecule has 3 saturated carbocycles. The summed E-state index contributed by atoms with van der Waals surface area (Å²) in [5.41, 5.74) is 10.8. The molecule has 5 fully saturated rings. The molecule has 6 aliphatic heterocycles. The van der Waals surface area contributed by atoms with E-state index in [2.05, 4.69) is 65.3 Å². The summed E-state index contributed by atoms with van der Waals surface area (Å²) in [4.78, 5) is 23.7. The number of hydrogen-bond donors (Lipinski definition) is 7. The van der Waals surface area contributed by atoms with Crippen molar-refractivity contribution in [2.45, 2.75) is 196 Å². The van der Waals surface area contributed by atoms with Gasteiger partial charge in [0.2, 0.25) is 5.91 Å². The van der Waals surface area contributed by atoms with Crippen LogP contribution in [0.5, 0.6) is 80.5 Å². The first-order valence-corrected chi connectivity index (χ1v) is 38.9. The Labute approximate surface area is 672 Å². The van der Waals surface area contributed by atoms with Crippen LogP contribution in [-0.2, 0) is 4.79 Å². The molecule has 3 amide bonds. The van der Waals surface area contributed by atoms with Gasteiger partial charge < -0.3 is 70.6 Å². The van der Waals surface area contributed by atoms with Crippen LogP contribution in [-0.4, -0.2) is 74.6 Å². The van der Waals surface area contributed by atoms with E-state index in [1.807, 2.05) is 60.3 Å². The van der Waals surface area contributed by atoms with E-state index in [4.69, 9.17) is 23.7 Å². The SMILES string of the molecule is COc1ccc2c(c1)Oc1cc(C)ccc1C2C1CCCCC1.O=C(CCCCC1SCC2NC(=O)NC21)NCCCCCCC1c2ccc(O)cc2Oc2cc(O)ccc21.Oc1ccc2c(c1)Oc1cc(O)ccc1C2C1CCCCC1.[Na+].[Na+].[O-]c1ccc2c(c1)Oc1c[c-]ccc1C2C1CCCC1.[OH-]. The van der Waals surface area contributed by atoms with Gasteiger partial charge in [0, 0.05) is 111 Å². The third-order valence-corrected chi connectivity index (χ3v) is 24.3. The zero-order valence-corrected chi connectivity index (χ0v) is 66.5. The summed E-state index contributed by atoms with van der Waals surface area (Å²) in [6.45, 7) is 2.83. The van der Waals surface area contributed by atoms with Crippen molar-refractivity contribution >= 4 is 23.7 Å². The molecule has 16 nitrogen and oxygen atoms in total. The van der Waals surface area contributed by atoms with Crippen LogP contribution < -0.4 is 104 Å². The predicted octanol–water partition coefficient (Wildman–Crippen LogP) is 13.7. The summed E-state index contributed by atoms with van der Waals surface area (Å²) < 4.78 is 29.4. The molecule has 0 bridgehead atoms. The van der Waals surface area contributed by atoms with Crippen molar-refractivity contribution in [2.24, 2.45) is 17.8 Å². The number of benzene rings is 8. The number of aryl methyl sites for hydroxylation is 1. The number of carbonyl (C=O) groups is 2. The normalized spacial score (nSPS) is 19.9. The standard InChI is InChI=1S/C29H37N3O5S.C21H24O2.C19H20O3.C18H17O2.2Na.H2O/c33-18-10-12-21-20(22-13-11-19(34)16-25(22)37-24(21)15-18)7-3-1-2-6-14-30-27(35)9-5-4-8-26-28-23(17-38-26)31-29(36)32-28;1-14-8-10-17-19(12-14)23-20-13-16(22-2)9-11-18(20)21(17)15-6-4-3-5-7-15;20-13-6-8-15-17(10-13)22-18-11-14(21)7-9-16(18)19(15)12-4-2-1-3-5-12;19-13-9-10-15-17(11-13)20-16-8-4-3-7-14(16)18(15)12-5-1-2-6-12;;;/h10-13,15-16,20,23,26,28,33-34H,1-9,14,17H2,(H,30,35)(H2,31,32,36);8-13,15,21H,3-7H2,1-2H3;6-12,19-21H,1-5H2;3,7-12,18-19H,1-2,5-6H2;;;1H2/q;;;-1;2*+1;/p-2. The number of unbranched alkanes of at least 4 members (excludes halogenated alkanes) is 4. The molecular formula is C87H98N3Na2O13S-. The van der Waals surface area contributed by atoms with Gasteiger partial charge in [0.15, 0.2) is 0 Å². The molecule has 17 rings (SSSR count). The number of ether oxygens (including phenoxy) is 5. The van der Waals surface area contributed by atoms with Crippen molar-refractivity contribution in [3.63, 3.8) is 0 Å². The Hall–Kier alpha value is -7.19. The molecule has 8 N–H and O–H groups in total. The van der Waals surface area contributed by atoms with Gasteiger partial charge in [-0.25, -0.2) is 4.79 Å². The summed E-state index contributed by atoms with van der Waals surface area (Å²) in [6.07, 6.45) is 26.8. The summed E-state index contributed by atoms with van der Waals surface area (Å²) >= 11 is 1.92. The Morgan fingerprint density at radius 3 is 1.52 bits per heavy atom. The number of methoxy groups -OCH3 is 1. The first kappa shape index (κ1) is 79.8. The molecule has 6 heterocycles. The van der Waals surface area contributed by atoms with E-state index in [-0.39, 0.29) is 123 Å². The van der Waals surface area contributed by atoms with E-state index in [9.17, 15) is 35.1 Å². The molecule has 8 aromatic rings. The van der Waals surface area contributed by atoms with Crippen molar-refractivity contribution in [1.82, 2.24) is 16.0 Å². The summed E-state index contributed by atoms with van der Waals surface area (Å²) in [7, 11) is 1.71. The molecule has 0 radical (unpaired) electrons. The molecule has 3 aliphatic carbocycles. The van der Waals surface area contributed by atoms with E-state index in [1.165, 1.54) is 118 Å². The van der Waals surface area contributed by atoms with E-state index >= 15 is 0 Å². The second-order valence-electron chi connectivity index (χ2n) is 29.7. The Morgan fingerprint density at radius 2 is 0.962 bits per heavy atom.